The summed E-state index contributed by atoms with van der Waals surface area (Å²) in [5, 5.41) is 9.86. The first kappa shape index (κ1) is 16.8. The maximum Gasteiger partial charge on any atom is 0.272 e. The second-order valence-corrected chi connectivity index (χ2v) is 7.24. The van der Waals surface area contributed by atoms with E-state index in [1.54, 1.807) is 36.5 Å². The molecule has 1 fully saturated rings. The molecule has 5 nitrogen and oxygen atoms in total. The van der Waals surface area contributed by atoms with Gasteiger partial charge in [-0.25, -0.2) is 4.39 Å². The Hall–Kier alpha value is -2.67. The van der Waals surface area contributed by atoms with Crippen molar-refractivity contribution in [3.63, 3.8) is 0 Å². The molecule has 0 aliphatic carbocycles. The highest BCUT2D eigenvalue weighted by molar-refractivity contribution is 7.14. The number of aromatic nitrogens is 3. The molecule has 1 aromatic carbocycles. The predicted octanol–water partition coefficient (Wildman–Crippen LogP) is 3.76. The number of rotatable bonds is 3. The van der Waals surface area contributed by atoms with Gasteiger partial charge in [-0.1, -0.05) is 29.5 Å². The first-order valence-electron chi connectivity index (χ1n) is 8.51. The summed E-state index contributed by atoms with van der Waals surface area (Å²) in [6, 6.07) is 11.9. The molecule has 26 heavy (non-hydrogen) atoms. The van der Waals surface area contributed by atoms with Crippen molar-refractivity contribution in [1.29, 1.82) is 0 Å². The lowest BCUT2D eigenvalue weighted by atomic mass is 9.98. The minimum atomic E-state index is -0.300. The van der Waals surface area contributed by atoms with Gasteiger partial charge in [-0.3, -0.25) is 9.78 Å². The van der Waals surface area contributed by atoms with Crippen molar-refractivity contribution < 1.29 is 9.18 Å². The summed E-state index contributed by atoms with van der Waals surface area (Å²) in [4.78, 5) is 18.6. The number of halogens is 1. The predicted molar refractivity (Wildman–Crippen MR) is 97.4 cm³/mol. The van der Waals surface area contributed by atoms with E-state index in [-0.39, 0.29) is 17.6 Å². The molecule has 1 saturated heterocycles. The molecule has 0 bridgehead atoms. The van der Waals surface area contributed by atoms with E-state index in [1.807, 2.05) is 11.0 Å². The Labute approximate surface area is 154 Å². The molecule has 1 atom stereocenters. The monoisotopic (exact) mass is 368 g/mol. The molecule has 1 amide bonds. The minimum absolute atomic E-state index is 0.0610. The van der Waals surface area contributed by atoms with Gasteiger partial charge in [0.15, 0.2) is 5.01 Å². The number of nitrogens with zero attached hydrogens (tertiary/aromatic N) is 4. The molecule has 1 unspecified atom stereocenters. The number of carbonyl (C=O) groups is 1. The topological polar surface area (TPSA) is 59.0 Å². The smallest absolute Gasteiger partial charge is 0.272 e. The van der Waals surface area contributed by atoms with Crippen molar-refractivity contribution in [3.8, 4) is 10.6 Å². The van der Waals surface area contributed by atoms with Crippen LogP contribution in [0.4, 0.5) is 4.39 Å². The lowest BCUT2D eigenvalue weighted by Gasteiger charge is -2.31. The van der Waals surface area contributed by atoms with Crippen LogP contribution in [0.2, 0.25) is 0 Å². The van der Waals surface area contributed by atoms with E-state index in [1.165, 1.54) is 17.4 Å². The summed E-state index contributed by atoms with van der Waals surface area (Å²) < 4.78 is 14.0. The Morgan fingerprint density at radius 3 is 2.81 bits per heavy atom. The summed E-state index contributed by atoms with van der Waals surface area (Å²) in [5.41, 5.74) is 0.922. The lowest BCUT2D eigenvalue weighted by Crippen LogP contribution is -2.39. The molecule has 1 aliphatic rings. The summed E-state index contributed by atoms with van der Waals surface area (Å²) in [6.45, 7) is 1.30. The fourth-order valence-electron chi connectivity index (χ4n) is 3.16. The van der Waals surface area contributed by atoms with Crippen LogP contribution in [0.15, 0.2) is 48.7 Å². The number of hydrogen-bond acceptors (Lipinski definition) is 5. The molecular formula is C19H17FN4OS. The Kier molecular flexibility index (Phi) is 4.71. The molecule has 0 spiro atoms. The second kappa shape index (κ2) is 7.29. The zero-order valence-corrected chi connectivity index (χ0v) is 14.8. The first-order chi connectivity index (χ1) is 12.7. The van der Waals surface area contributed by atoms with Crippen LogP contribution < -0.4 is 0 Å². The van der Waals surface area contributed by atoms with Gasteiger partial charge < -0.3 is 4.90 Å². The molecule has 4 rings (SSSR count). The van der Waals surface area contributed by atoms with Gasteiger partial charge in [-0.2, -0.15) is 0 Å². The number of pyridine rings is 1. The van der Waals surface area contributed by atoms with Crippen molar-refractivity contribution >= 4 is 17.2 Å². The van der Waals surface area contributed by atoms with Crippen LogP contribution in [-0.2, 0) is 0 Å². The summed E-state index contributed by atoms with van der Waals surface area (Å²) in [7, 11) is 0. The largest absolute Gasteiger partial charge is 0.337 e. The highest BCUT2D eigenvalue weighted by Gasteiger charge is 2.28. The number of likely N-dealkylation sites (tertiary alicyclic amines) is 1. The maximum atomic E-state index is 14.0. The molecule has 3 aromatic rings. The van der Waals surface area contributed by atoms with Gasteiger partial charge in [0.1, 0.15) is 16.5 Å². The minimum Gasteiger partial charge on any atom is -0.337 e. The van der Waals surface area contributed by atoms with E-state index >= 15 is 0 Å². The van der Waals surface area contributed by atoms with E-state index in [0.29, 0.717) is 29.4 Å². The molecule has 132 valence electrons. The molecule has 7 heteroatoms. The quantitative estimate of drug-likeness (QED) is 0.706. The summed E-state index contributed by atoms with van der Waals surface area (Å²) >= 11 is 1.40. The molecule has 0 saturated carbocycles. The normalized spacial score (nSPS) is 17.3. The van der Waals surface area contributed by atoms with Gasteiger partial charge in [0.05, 0.1) is 0 Å². The molecule has 0 radical (unpaired) electrons. The molecule has 0 N–H and O–H groups in total. The van der Waals surface area contributed by atoms with Crippen molar-refractivity contribution in [1.82, 2.24) is 20.1 Å². The summed E-state index contributed by atoms with van der Waals surface area (Å²) in [5.74, 6) is -0.241. The fourth-order valence-corrected chi connectivity index (χ4v) is 4.15. The first-order valence-corrected chi connectivity index (χ1v) is 9.32. The number of benzene rings is 1. The third kappa shape index (κ3) is 3.35. The van der Waals surface area contributed by atoms with E-state index in [2.05, 4.69) is 15.2 Å². The summed E-state index contributed by atoms with van der Waals surface area (Å²) in [6.07, 6.45) is 3.47. The van der Waals surface area contributed by atoms with Crippen LogP contribution in [0, 0.1) is 5.82 Å². The van der Waals surface area contributed by atoms with Crippen molar-refractivity contribution in [2.45, 2.75) is 18.8 Å². The zero-order valence-electron chi connectivity index (χ0n) is 14.0. The highest BCUT2D eigenvalue weighted by atomic mass is 32.1. The average Bonchev–Trinajstić information content (AvgIpc) is 3.18. The Morgan fingerprint density at radius 2 is 2.00 bits per heavy atom. The van der Waals surface area contributed by atoms with Gasteiger partial charge in [0.2, 0.25) is 0 Å². The van der Waals surface area contributed by atoms with Crippen LogP contribution in [0.5, 0.6) is 0 Å². The van der Waals surface area contributed by atoms with Gasteiger partial charge in [-0.15, -0.1) is 10.2 Å². The van der Waals surface area contributed by atoms with Crippen molar-refractivity contribution in [3.05, 3.63) is 65.2 Å². The number of hydrogen-bond donors (Lipinski definition) is 0. The Balaban J connectivity index is 1.52. The molecule has 3 heterocycles. The number of carbonyl (C=O) groups excluding carboxylic acids is 1. The van der Waals surface area contributed by atoms with E-state index in [0.717, 1.165) is 17.8 Å². The van der Waals surface area contributed by atoms with Crippen LogP contribution >= 0.6 is 11.3 Å². The Bertz CT molecular complexity index is 915. The molecule has 2 aromatic heterocycles. The third-order valence-electron chi connectivity index (χ3n) is 4.49. The second-order valence-electron chi connectivity index (χ2n) is 6.23. The van der Waals surface area contributed by atoms with Gasteiger partial charge in [-0.05, 0) is 37.1 Å². The van der Waals surface area contributed by atoms with E-state index in [9.17, 15) is 9.18 Å². The Morgan fingerprint density at radius 1 is 1.15 bits per heavy atom. The average molecular weight is 368 g/mol. The number of piperidine rings is 1. The van der Waals surface area contributed by atoms with Crippen LogP contribution in [-0.4, -0.2) is 39.1 Å². The van der Waals surface area contributed by atoms with Crippen LogP contribution in [0.1, 0.15) is 34.3 Å². The van der Waals surface area contributed by atoms with Crippen LogP contribution in [0.25, 0.3) is 10.6 Å². The SMILES string of the molecule is O=C(c1ccccn1)N1CCCC(c2nnc(-c3ccccc3F)s2)C1. The maximum absolute atomic E-state index is 14.0. The van der Waals surface area contributed by atoms with Gasteiger partial charge in [0.25, 0.3) is 5.91 Å². The van der Waals surface area contributed by atoms with Crippen LogP contribution in [0.3, 0.4) is 0 Å². The highest BCUT2D eigenvalue weighted by Crippen LogP contribution is 2.33. The number of amides is 1. The van der Waals surface area contributed by atoms with E-state index in [4.69, 9.17) is 0 Å². The van der Waals surface area contributed by atoms with Gasteiger partial charge in [0, 0.05) is 30.8 Å². The fraction of sp³-hybridized carbons (Fsp3) is 0.263. The third-order valence-corrected chi connectivity index (χ3v) is 5.61. The van der Waals surface area contributed by atoms with Crippen molar-refractivity contribution in [2.75, 3.05) is 13.1 Å². The standard InChI is InChI=1S/C19H17FN4OS/c20-15-8-2-1-7-14(15)18-23-22-17(26-18)13-6-5-11-24(12-13)19(25)16-9-3-4-10-21-16/h1-4,7-10,13H,5-6,11-12H2. The molecule has 1 aliphatic heterocycles. The van der Waals surface area contributed by atoms with Gasteiger partial charge >= 0.3 is 0 Å². The van der Waals surface area contributed by atoms with E-state index < -0.39 is 0 Å². The zero-order chi connectivity index (χ0) is 17.9. The van der Waals surface area contributed by atoms with Crippen molar-refractivity contribution in [2.24, 2.45) is 0 Å². The lowest BCUT2D eigenvalue weighted by molar-refractivity contribution is 0.0701. The molecular weight excluding hydrogens is 351 g/mol.